The molecular formula is C52H40BN3. The monoisotopic (exact) mass is 717 g/mol. The highest BCUT2D eigenvalue weighted by molar-refractivity contribution is 7.00. The molecule has 3 aliphatic rings. The lowest BCUT2D eigenvalue weighted by molar-refractivity contribution is 0.686. The minimum atomic E-state index is 0.0657. The Morgan fingerprint density at radius 3 is 1.52 bits per heavy atom. The Morgan fingerprint density at radius 2 is 0.929 bits per heavy atom. The van der Waals surface area contributed by atoms with Gasteiger partial charge in [0.25, 0.3) is 6.71 Å². The van der Waals surface area contributed by atoms with E-state index in [-0.39, 0.29) is 6.71 Å². The van der Waals surface area contributed by atoms with Crippen molar-refractivity contribution in [2.24, 2.45) is 0 Å². The van der Waals surface area contributed by atoms with Crippen LogP contribution in [0.5, 0.6) is 0 Å². The van der Waals surface area contributed by atoms with Crippen molar-refractivity contribution in [1.29, 1.82) is 0 Å². The van der Waals surface area contributed by atoms with E-state index < -0.39 is 0 Å². The predicted molar refractivity (Wildman–Crippen MR) is 237 cm³/mol. The number of fused-ring (bicyclic) bond motifs is 5. The average Bonchev–Trinajstić information content (AvgIpc) is 3.27. The summed E-state index contributed by atoms with van der Waals surface area (Å²) in [6, 6.07) is 71.7. The lowest BCUT2D eigenvalue weighted by Gasteiger charge is -2.45. The van der Waals surface area contributed by atoms with Crippen molar-refractivity contribution in [3.63, 3.8) is 0 Å². The zero-order valence-electron chi connectivity index (χ0n) is 31.2. The molecule has 1 aliphatic carbocycles. The van der Waals surface area contributed by atoms with Crippen molar-refractivity contribution in [2.45, 2.75) is 25.7 Å². The summed E-state index contributed by atoms with van der Waals surface area (Å²) in [4.78, 5) is 7.59. The number of nitrogens with zero attached hydrogens (tertiary/aromatic N) is 3. The number of anilines is 9. The van der Waals surface area contributed by atoms with Gasteiger partial charge in [-0.05, 0) is 119 Å². The predicted octanol–water partition coefficient (Wildman–Crippen LogP) is 11.8. The maximum atomic E-state index is 2.58. The van der Waals surface area contributed by atoms with Crippen LogP contribution in [-0.2, 0) is 12.8 Å². The van der Waals surface area contributed by atoms with E-state index in [2.05, 4.69) is 209 Å². The molecule has 2 heterocycles. The van der Waals surface area contributed by atoms with Gasteiger partial charge in [-0.1, -0.05) is 133 Å². The normalized spacial score (nSPS) is 13.7. The molecular weight excluding hydrogens is 677 g/mol. The van der Waals surface area contributed by atoms with Crippen molar-refractivity contribution in [3.05, 3.63) is 205 Å². The first-order chi connectivity index (χ1) is 27.8. The highest BCUT2D eigenvalue weighted by Crippen LogP contribution is 2.50. The van der Waals surface area contributed by atoms with Crippen LogP contribution in [0.3, 0.4) is 0 Å². The van der Waals surface area contributed by atoms with Gasteiger partial charge in [0.1, 0.15) is 0 Å². The first-order valence-electron chi connectivity index (χ1n) is 19.9. The lowest BCUT2D eigenvalue weighted by atomic mass is 9.33. The van der Waals surface area contributed by atoms with Gasteiger partial charge in [0.2, 0.25) is 0 Å². The number of para-hydroxylation sites is 5. The van der Waals surface area contributed by atoms with E-state index in [1.807, 2.05) is 0 Å². The molecule has 0 fully saturated rings. The summed E-state index contributed by atoms with van der Waals surface area (Å²) in [5, 5.41) is 0. The Hall–Kier alpha value is -6.78. The standard InChI is InChI=1S/C52H40BN3/c1-5-19-37(20-6-1)44-34-33-38-21-13-14-28-43(38)52(44)54(39-22-7-2-8-23-39)42-35-49-51-50(36-42)56(41-26-11-4-12-27-41)48-32-18-16-30-46(48)53(51)45-29-15-17-31-47(45)55(49)40-24-9-3-10-25-40/h1-12,15-20,22-27,29-36H,13-14,21,28H2. The largest absolute Gasteiger partial charge is 0.311 e. The van der Waals surface area contributed by atoms with Gasteiger partial charge in [-0.3, -0.25) is 0 Å². The highest BCUT2D eigenvalue weighted by Gasteiger charge is 2.44. The molecule has 8 aromatic rings. The zero-order valence-corrected chi connectivity index (χ0v) is 31.2. The summed E-state index contributed by atoms with van der Waals surface area (Å²) in [7, 11) is 0. The maximum absolute atomic E-state index is 2.58. The third kappa shape index (κ3) is 5.21. The van der Waals surface area contributed by atoms with E-state index in [0.29, 0.717) is 0 Å². The Bertz CT molecular complexity index is 2600. The summed E-state index contributed by atoms with van der Waals surface area (Å²) in [5.74, 6) is 0. The van der Waals surface area contributed by atoms with E-state index >= 15 is 0 Å². The zero-order chi connectivity index (χ0) is 37.0. The van der Waals surface area contributed by atoms with Gasteiger partial charge < -0.3 is 14.7 Å². The van der Waals surface area contributed by atoms with Gasteiger partial charge in [0, 0.05) is 45.4 Å². The number of aryl methyl sites for hydroxylation is 1. The molecule has 0 N–H and O–H groups in total. The molecule has 0 saturated carbocycles. The number of benzene rings is 8. The van der Waals surface area contributed by atoms with E-state index in [4.69, 9.17) is 0 Å². The maximum Gasteiger partial charge on any atom is 0.252 e. The molecule has 2 aliphatic heterocycles. The molecule has 56 heavy (non-hydrogen) atoms. The van der Waals surface area contributed by atoms with Gasteiger partial charge in [-0.25, -0.2) is 0 Å². The van der Waals surface area contributed by atoms with Crippen LogP contribution < -0.4 is 31.1 Å². The van der Waals surface area contributed by atoms with E-state index in [0.717, 1.165) is 35.6 Å². The van der Waals surface area contributed by atoms with Gasteiger partial charge in [-0.15, -0.1) is 0 Å². The van der Waals surface area contributed by atoms with Crippen molar-refractivity contribution in [2.75, 3.05) is 14.7 Å². The van der Waals surface area contributed by atoms with Crippen molar-refractivity contribution >= 4 is 74.3 Å². The van der Waals surface area contributed by atoms with Gasteiger partial charge in [-0.2, -0.15) is 0 Å². The minimum absolute atomic E-state index is 0.0657. The van der Waals surface area contributed by atoms with Crippen molar-refractivity contribution in [3.8, 4) is 11.1 Å². The van der Waals surface area contributed by atoms with Crippen LogP contribution in [0.25, 0.3) is 11.1 Å². The third-order valence-corrected chi connectivity index (χ3v) is 12.0. The fourth-order valence-corrected chi connectivity index (χ4v) is 9.62. The fraction of sp³-hybridized carbons (Fsp3) is 0.0769. The first kappa shape index (κ1) is 32.6. The molecule has 0 atom stereocenters. The van der Waals surface area contributed by atoms with Crippen molar-refractivity contribution in [1.82, 2.24) is 0 Å². The molecule has 4 heteroatoms. The lowest BCUT2D eigenvalue weighted by Crippen LogP contribution is -2.61. The summed E-state index contributed by atoms with van der Waals surface area (Å²) < 4.78 is 0. The van der Waals surface area contributed by atoms with Gasteiger partial charge in [0.15, 0.2) is 0 Å². The average molecular weight is 718 g/mol. The molecule has 0 saturated heterocycles. The topological polar surface area (TPSA) is 9.72 Å². The smallest absolute Gasteiger partial charge is 0.252 e. The molecule has 0 bridgehead atoms. The van der Waals surface area contributed by atoms with E-state index in [1.165, 1.54) is 79.9 Å². The molecule has 11 rings (SSSR count). The second kappa shape index (κ2) is 13.5. The molecule has 0 aromatic heterocycles. The van der Waals surface area contributed by atoms with Crippen LogP contribution in [0, 0.1) is 0 Å². The fourth-order valence-electron chi connectivity index (χ4n) is 9.62. The second-order valence-electron chi connectivity index (χ2n) is 15.1. The first-order valence-corrected chi connectivity index (χ1v) is 19.9. The molecule has 0 amide bonds. The summed E-state index contributed by atoms with van der Waals surface area (Å²) >= 11 is 0. The van der Waals surface area contributed by atoms with Gasteiger partial charge in [0.05, 0.1) is 11.4 Å². The second-order valence-corrected chi connectivity index (χ2v) is 15.1. The summed E-state index contributed by atoms with van der Waals surface area (Å²) in [5.41, 5.74) is 20.1. The van der Waals surface area contributed by atoms with Crippen LogP contribution in [-0.4, -0.2) is 6.71 Å². The SMILES string of the molecule is c1ccc(-c2ccc3c(c2N(c2ccccc2)c2cc4c5c(c2)N(c2ccccc2)c2ccccc2B5c2ccccc2N4c2ccccc2)CCCC3)cc1. The molecule has 0 spiro atoms. The Morgan fingerprint density at radius 1 is 0.429 bits per heavy atom. The molecule has 0 radical (unpaired) electrons. The summed E-state index contributed by atoms with van der Waals surface area (Å²) in [6.07, 6.45) is 4.58. The summed E-state index contributed by atoms with van der Waals surface area (Å²) in [6.45, 7) is 0.0657. The Kier molecular flexibility index (Phi) is 7.87. The van der Waals surface area contributed by atoms with Gasteiger partial charge >= 0.3 is 0 Å². The quantitative estimate of drug-likeness (QED) is 0.159. The number of hydrogen-bond acceptors (Lipinski definition) is 3. The third-order valence-electron chi connectivity index (χ3n) is 12.0. The molecule has 0 unspecified atom stereocenters. The molecule has 8 aromatic carbocycles. The molecule has 3 nitrogen and oxygen atoms in total. The Labute approximate surface area is 329 Å². The molecule has 266 valence electrons. The highest BCUT2D eigenvalue weighted by atomic mass is 15.2. The Balaban J connectivity index is 1.27. The minimum Gasteiger partial charge on any atom is -0.311 e. The van der Waals surface area contributed by atoms with E-state index in [1.54, 1.807) is 0 Å². The van der Waals surface area contributed by atoms with Crippen molar-refractivity contribution < 1.29 is 0 Å². The van der Waals surface area contributed by atoms with Crippen LogP contribution in [0.4, 0.5) is 51.2 Å². The van der Waals surface area contributed by atoms with Crippen LogP contribution in [0.15, 0.2) is 194 Å². The van der Waals surface area contributed by atoms with Crippen LogP contribution in [0.2, 0.25) is 0 Å². The number of rotatable bonds is 6. The van der Waals surface area contributed by atoms with Crippen LogP contribution in [0.1, 0.15) is 24.0 Å². The van der Waals surface area contributed by atoms with Crippen LogP contribution >= 0.6 is 0 Å². The number of hydrogen-bond donors (Lipinski definition) is 0. The van der Waals surface area contributed by atoms with E-state index in [9.17, 15) is 0 Å².